The molecular weight excluding hydrogens is 404 g/mol. The fourth-order valence-corrected chi connectivity index (χ4v) is 6.70. The number of hydrogen-bond donors (Lipinski definition) is 3. The fraction of sp³-hybridized carbons (Fsp3) is 0.381. The molecule has 5 N–H and O–H groups in total. The summed E-state index contributed by atoms with van der Waals surface area (Å²) in [5.74, 6) is -0.794. The van der Waals surface area contributed by atoms with Gasteiger partial charge in [-0.1, -0.05) is 6.42 Å². The summed E-state index contributed by atoms with van der Waals surface area (Å²) in [7, 11) is 0. The quantitative estimate of drug-likeness (QED) is 0.549. The molecule has 2 aliphatic carbocycles. The van der Waals surface area contributed by atoms with Gasteiger partial charge in [-0.3, -0.25) is 9.59 Å². The summed E-state index contributed by atoms with van der Waals surface area (Å²) < 4.78 is 0. The molecule has 0 fully saturated rings. The molecule has 3 heterocycles. The van der Waals surface area contributed by atoms with E-state index >= 15 is 0 Å². The van der Waals surface area contributed by atoms with Gasteiger partial charge in [-0.2, -0.15) is 0 Å². The van der Waals surface area contributed by atoms with Gasteiger partial charge in [0.15, 0.2) is 0 Å². The monoisotopic (exact) mass is 426 g/mol. The largest absolute Gasteiger partial charge is 0.397 e. The summed E-state index contributed by atoms with van der Waals surface area (Å²) >= 11 is 2.77. The number of nitrogens with one attached hydrogen (secondary N) is 1. The molecular formula is C21H22N4O2S2. The first-order valence-corrected chi connectivity index (χ1v) is 11.6. The Bertz CT molecular complexity index is 1160. The number of pyridine rings is 1. The van der Waals surface area contributed by atoms with Crippen LogP contribution in [0.5, 0.6) is 0 Å². The van der Waals surface area contributed by atoms with E-state index in [2.05, 4.69) is 11.4 Å². The fourth-order valence-electron chi connectivity index (χ4n) is 4.42. The first-order chi connectivity index (χ1) is 14.0. The van der Waals surface area contributed by atoms with Crippen molar-refractivity contribution in [2.75, 3.05) is 11.1 Å². The van der Waals surface area contributed by atoms with Gasteiger partial charge >= 0.3 is 0 Å². The Morgan fingerprint density at radius 2 is 1.86 bits per heavy atom. The summed E-state index contributed by atoms with van der Waals surface area (Å²) in [5, 5.41) is 4.29. The van der Waals surface area contributed by atoms with Crippen LogP contribution in [0.3, 0.4) is 0 Å². The van der Waals surface area contributed by atoms with E-state index in [4.69, 9.17) is 16.5 Å². The molecule has 0 bridgehead atoms. The topological polar surface area (TPSA) is 111 Å². The maximum atomic E-state index is 13.0. The third-order valence-electron chi connectivity index (χ3n) is 5.85. The highest BCUT2D eigenvalue weighted by atomic mass is 32.1. The Labute approximate surface area is 176 Å². The standard InChI is InChI=1S/C21H22N4O2S2/c22-16-12-9-10-5-2-1-3-7-13(10)24-20(12)29-17(16)19(27)25-21-15(18(23)26)11-6-4-8-14(11)28-21/h9H,1-8,22H2,(H2,23,26)(H,25,27). The van der Waals surface area contributed by atoms with Gasteiger partial charge in [0, 0.05) is 16.0 Å². The number of fused-ring (bicyclic) bond motifs is 3. The van der Waals surface area contributed by atoms with Crippen molar-refractivity contribution in [2.24, 2.45) is 5.73 Å². The van der Waals surface area contributed by atoms with E-state index in [-0.39, 0.29) is 5.91 Å². The van der Waals surface area contributed by atoms with Crippen LogP contribution < -0.4 is 16.8 Å². The normalized spacial score (nSPS) is 15.7. The van der Waals surface area contributed by atoms with Gasteiger partial charge in [0.1, 0.15) is 14.7 Å². The van der Waals surface area contributed by atoms with E-state index in [0.717, 1.165) is 71.3 Å². The number of aryl methyl sites for hydroxylation is 3. The minimum atomic E-state index is -0.491. The SMILES string of the molecule is NC(=O)c1c(NC(=O)c2sc3nc4c(cc3c2N)CCCCC4)sc2c1CCC2. The molecule has 0 aromatic carbocycles. The van der Waals surface area contributed by atoms with E-state index in [9.17, 15) is 9.59 Å². The molecule has 8 heteroatoms. The van der Waals surface area contributed by atoms with Crippen molar-refractivity contribution < 1.29 is 9.59 Å². The van der Waals surface area contributed by atoms with Gasteiger partial charge in [0.05, 0.1) is 11.3 Å². The number of anilines is 2. The van der Waals surface area contributed by atoms with Gasteiger partial charge in [-0.25, -0.2) is 4.98 Å². The molecule has 29 heavy (non-hydrogen) atoms. The van der Waals surface area contributed by atoms with Crippen LogP contribution in [-0.4, -0.2) is 16.8 Å². The summed E-state index contributed by atoms with van der Waals surface area (Å²) in [6, 6.07) is 2.11. The van der Waals surface area contributed by atoms with E-state index < -0.39 is 5.91 Å². The van der Waals surface area contributed by atoms with Crippen LogP contribution in [0.25, 0.3) is 10.2 Å². The number of nitrogens with two attached hydrogens (primary N) is 2. The van der Waals surface area contributed by atoms with Crippen molar-refractivity contribution in [2.45, 2.75) is 51.4 Å². The van der Waals surface area contributed by atoms with Crippen molar-refractivity contribution in [3.8, 4) is 0 Å². The van der Waals surface area contributed by atoms with Crippen molar-refractivity contribution in [1.82, 2.24) is 4.98 Å². The smallest absolute Gasteiger partial charge is 0.268 e. The van der Waals surface area contributed by atoms with E-state index in [1.165, 1.54) is 34.7 Å². The highest BCUT2D eigenvalue weighted by Gasteiger charge is 2.27. The zero-order valence-corrected chi connectivity index (χ0v) is 17.6. The summed E-state index contributed by atoms with van der Waals surface area (Å²) in [6.45, 7) is 0. The number of carbonyl (C=O) groups excluding carboxylic acids is 2. The number of thiophene rings is 2. The van der Waals surface area contributed by atoms with E-state index in [0.29, 0.717) is 21.1 Å². The second-order valence-corrected chi connectivity index (χ2v) is 9.84. The minimum Gasteiger partial charge on any atom is -0.397 e. The zero-order valence-electron chi connectivity index (χ0n) is 16.0. The van der Waals surface area contributed by atoms with E-state index in [1.807, 2.05) is 0 Å². The number of rotatable bonds is 3. The van der Waals surface area contributed by atoms with E-state index in [1.54, 1.807) is 0 Å². The van der Waals surface area contributed by atoms with Crippen LogP contribution in [-0.2, 0) is 25.7 Å². The number of nitrogen functional groups attached to an aromatic ring is 1. The number of primary amides is 1. The van der Waals surface area contributed by atoms with Gasteiger partial charge in [-0.05, 0) is 62.1 Å². The van der Waals surface area contributed by atoms with Gasteiger partial charge in [-0.15, -0.1) is 22.7 Å². The second-order valence-electron chi connectivity index (χ2n) is 7.73. The third kappa shape index (κ3) is 3.11. The lowest BCUT2D eigenvalue weighted by Gasteiger charge is -2.05. The summed E-state index contributed by atoms with van der Waals surface area (Å²) in [6.07, 6.45) is 8.31. The van der Waals surface area contributed by atoms with Crippen LogP contribution in [0.4, 0.5) is 10.7 Å². The minimum absolute atomic E-state index is 0.303. The molecule has 0 saturated heterocycles. The number of hydrogen-bond acceptors (Lipinski definition) is 6. The Morgan fingerprint density at radius 1 is 1.03 bits per heavy atom. The molecule has 2 aliphatic rings. The lowest BCUT2D eigenvalue weighted by Crippen LogP contribution is -2.17. The molecule has 5 rings (SSSR count). The molecule has 3 aromatic heterocycles. The highest BCUT2D eigenvalue weighted by molar-refractivity contribution is 7.21. The maximum Gasteiger partial charge on any atom is 0.268 e. The van der Waals surface area contributed by atoms with Gasteiger partial charge < -0.3 is 16.8 Å². The molecule has 0 spiro atoms. The first kappa shape index (κ1) is 18.6. The first-order valence-electron chi connectivity index (χ1n) is 9.99. The Morgan fingerprint density at radius 3 is 2.69 bits per heavy atom. The molecule has 0 unspecified atom stereocenters. The highest BCUT2D eigenvalue weighted by Crippen LogP contribution is 2.40. The lowest BCUT2D eigenvalue weighted by atomic mass is 10.1. The predicted octanol–water partition coefficient (Wildman–Crippen LogP) is 4.05. The average molecular weight is 427 g/mol. The molecule has 6 nitrogen and oxygen atoms in total. The summed E-state index contributed by atoms with van der Waals surface area (Å²) in [4.78, 5) is 32.2. The van der Waals surface area contributed by atoms with Crippen LogP contribution in [0, 0.1) is 0 Å². The maximum absolute atomic E-state index is 13.0. The van der Waals surface area contributed by atoms with Crippen LogP contribution in [0.15, 0.2) is 6.07 Å². The second kappa shape index (κ2) is 7.11. The third-order valence-corrected chi connectivity index (χ3v) is 8.17. The van der Waals surface area contributed by atoms with Gasteiger partial charge in [0.25, 0.3) is 11.8 Å². The molecule has 0 aliphatic heterocycles. The van der Waals surface area contributed by atoms with Crippen molar-refractivity contribution in [1.29, 1.82) is 0 Å². The predicted molar refractivity (Wildman–Crippen MR) is 118 cm³/mol. The average Bonchev–Trinajstić information content (AvgIpc) is 3.28. The molecule has 0 atom stereocenters. The van der Waals surface area contributed by atoms with Crippen molar-refractivity contribution in [3.63, 3.8) is 0 Å². The number of nitrogens with zero attached hydrogens (tertiary/aromatic N) is 1. The van der Waals surface area contributed by atoms with Crippen LogP contribution in [0.2, 0.25) is 0 Å². The number of aromatic nitrogens is 1. The molecule has 0 saturated carbocycles. The number of carbonyl (C=O) groups is 2. The van der Waals surface area contributed by atoms with Crippen LogP contribution >= 0.6 is 22.7 Å². The molecule has 2 amide bonds. The van der Waals surface area contributed by atoms with Crippen molar-refractivity contribution >= 4 is 55.4 Å². The zero-order chi connectivity index (χ0) is 20.1. The molecule has 150 valence electrons. The Kier molecular flexibility index (Phi) is 4.55. The molecule has 0 radical (unpaired) electrons. The lowest BCUT2D eigenvalue weighted by molar-refractivity contribution is 0.100. The Balaban J connectivity index is 1.51. The van der Waals surface area contributed by atoms with Crippen molar-refractivity contribution in [3.05, 3.63) is 38.2 Å². The Hall–Kier alpha value is -2.45. The molecule has 3 aromatic rings. The number of amides is 2. The van der Waals surface area contributed by atoms with Gasteiger partial charge in [0.2, 0.25) is 0 Å². The summed E-state index contributed by atoms with van der Waals surface area (Å²) in [5.41, 5.74) is 16.3. The van der Waals surface area contributed by atoms with Crippen LogP contribution in [0.1, 0.15) is 67.4 Å².